The Morgan fingerprint density at radius 2 is 1.87 bits per heavy atom. The number of para-hydroxylation sites is 1. The topological polar surface area (TPSA) is 101 Å². The summed E-state index contributed by atoms with van der Waals surface area (Å²) >= 11 is 7.19. The van der Waals surface area contributed by atoms with Gasteiger partial charge >= 0.3 is 5.97 Å². The van der Waals surface area contributed by atoms with Crippen LogP contribution in [0.4, 0.5) is 5.69 Å². The maximum Gasteiger partial charge on any atom is 0.337 e. The zero-order valence-electron chi connectivity index (χ0n) is 16.3. The number of fused-ring (bicyclic) bond motifs is 1. The highest BCUT2D eigenvalue weighted by atomic mass is 35.5. The van der Waals surface area contributed by atoms with Crippen molar-refractivity contribution in [2.24, 2.45) is 0 Å². The van der Waals surface area contributed by atoms with E-state index in [-0.39, 0.29) is 17.5 Å². The van der Waals surface area contributed by atoms with Crippen molar-refractivity contribution >= 4 is 50.7 Å². The number of benzene rings is 2. The first-order valence-corrected chi connectivity index (χ1v) is 10.5. The summed E-state index contributed by atoms with van der Waals surface area (Å²) in [6.45, 7) is 1.52. The number of aryl methyl sites for hydroxylation is 1. The first kappa shape index (κ1) is 20.8. The second kappa shape index (κ2) is 8.33. The number of carbonyl (C=O) groups is 2. The smallest absolute Gasteiger partial charge is 0.337 e. The highest BCUT2D eigenvalue weighted by Gasteiger charge is 2.22. The van der Waals surface area contributed by atoms with Crippen molar-refractivity contribution in [2.75, 3.05) is 5.32 Å². The van der Waals surface area contributed by atoms with Gasteiger partial charge in [0.1, 0.15) is 17.2 Å². The molecule has 0 unspecified atom stereocenters. The van der Waals surface area contributed by atoms with Crippen molar-refractivity contribution in [3.05, 3.63) is 80.4 Å². The molecule has 7 nitrogen and oxygen atoms in total. The molecule has 0 radical (unpaired) electrons. The number of rotatable bonds is 5. The van der Waals surface area contributed by atoms with Gasteiger partial charge in [0, 0.05) is 10.9 Å². The van der Waals surface area contributed by atoms with Crippen LogP contribution in [0.15, 0.2) is 58.7 Å². The number of carboxylic acids is 1. The number of amides is 1. The lowest BCUT2D eigenvalue weighted by Gasteiger charge is -2.15. The number of nitrogens with zero attached hydrogens (tertiary/aromatic N) is 2. The van der Waals surface area contributed by atoms with E-state index in [1.165, 1.54) is 9.95 Å². The van der Waals surface area contributed by atoms with E-state index >= 15 is 0 Å². The van der Waals surface area contributed by atoms with Crippen LogP contribution in [0.5, 0.6) is 0 Å². The Hall–Kier alpha value is -3.49. The van der Waals surface area contributed by atoms with Crippen molar-refractivity contribution in [3.8, 4) is 11.4 Å². The van der Waals surface area contributed by atoms with E-state index in [4.69, 9.17) is 11.6 Å². The lowest BCUT2D eigenvalue weighted by atomic mass is 10.1. The fourth-order valence-corrected chi connectivity index (χ4v) is 4.34. The third kappa shape index (κ3) is 3.95. The van der Waals surface area contributed by atoms with E-state index in [0.29, 0.717) is 26.9 Å². The van der Waals surface area contributed by atoms with E-state index in [1.807, 2.05) is 25.1 Å². The van der Waals surface area contributed by atoms with E-state index in [0.717, 1.165) is 16.9 Å². The number of hydrogen-bond acceptors (Lipinski definition) is 5. The summed E-state index contributed by atoms with van der Waals surface area (Å²) in [4.78, 5) is 42.6. The number of carbonyl (C=O) groups excluding carboxylic acids is 1. The Morgan fingerprint density at radius 1 is 1.16 bits per heavy atom. The molecule has 2 aromatic carbocycles. The minimum atomic E-state index is -1.22. The van der Waals surface area contributed by atoms with Gasteiger partial charge in [-0.1, -0.05) is 48.0 Å². The van der Waals surface area contributed by atoms with Crippen LogP contribution < -0.4 is 10.9 Å². The summed E-state index contributed by atoms with van der Waals surface area (Å²) in [6, 6.07) is 14.1. The van der Waals surface area contributed by atoms with E-state index in [9.17, 15) is 19.5 Å². The van der Waals surface area contributed by atoms with Gasteiger partial charge < -0.3 is 10.4 Å². The summed E-state index contributed by atoms with van der Waals surface area (Å²) in [6.07, 6.45) is 0. The normalized spacial score (nSPS) is 10.9. The highest BCUT2D eigenvalue weighted by Crippen LogP contribution is 2.27. The molecule has 0 spiro atoms. The third-order valence-electron chi connectivity index (χ3n) is 4.76. The van der Waals surface area contributed by atoms with Gasteiger partial charge in [-0.3, -0.25) is 14.2 Å². The minimum Gasteiger partial charge on any atom is -0.478 e. The van der Waals surface area contributed by atoms with Gasteiger partial charge in [0.2, 0.25) is 5.91 Å². The van der Waals surface area contributed by atoms with E-state index in [2.05, 4.69) is 10.3 Å². The Kier molecular flexibility index (Phi) is 5.58. The molecule has 1 amide bonds. The van der Waals surface area contributed by atoms with Crippen LogP contribution in [0.3, 0.4) is 0 Å². The molecule has 4 rings (SSSR count). The van der Waals surface area contributed by atoms with Gasteiger partial charge in [-0.05, 0) is 24.6 Å². The lowest BCUT2D eigenvalue weighted by molar-refractivity contribution is -0.116. The maximum absolute atomic E-state index is 13.3. The zero-order valence-corrected chi connectivity index (χ0v) is 17.8. The van der Waals surface area contributed by atoms with E-state index in [1.54, 1.807) is 30.3 Å². The van der Waals surface area contributed by atoms with Gasteiger partial charge in [-0.2, -0.15) is 0 Å². The fourth-order valence-electron chi connectivity index (χ4n) is 3.25. The van der Waals surface area contributed by atoms with Crippen molar-refractivity contribution in [1.29, 1.82) is 0 Å². The predicted molar refractivity (Wildman–Crippen MR) is 121 cm³/mol. The van der Waals surface area contributed by atoms with Crippen LogP contribution in [-0.2, 0) is 11.3 Å². The van der Waals surface area contributed by atoms with Crippen LogP contribution in [0.2, 0.25) is 5.02 Å². The van der Waals surface area contributed by atoms with Crippen LogP contribution in [0, 0.1) is 6.92 Å². The van der Waals surface area contributed by atoms with Gasteiger partial charge in [0.15, 0.2) is 0 Å². The average molecular weight is 454 g/mol. The number of carboxylic acid groups (broad SMARTS) is 1. The molecular weight excluding hydrogens is 438 g/mol. The van der Waals surface area contributed by atoms with Crippen LogP contribution in [0.25, 0.3) is 21.6 Å². The third-order valence-corrected chi connectivity index (χ3v) is 5.96. The van der Waals surface area contributed by atoms with Crippen molar-refractivity contribution in [2.45, 2.75) is 13.5 Å². The minimum absolute atomic E-state index is 0.0135. The molecule has 2 aromatic heterocycles. The average Bonchev–Trinajstić information content (AvgIpc) is 3.17. The summed E-state index contributed by atoms with van der Waals surface area (Å²) in [7, 11) is 0. The molecule has 0 fully saturated rings. The van der Waals surface area contributed by atoms with Crippen molar-refractivity contribution in [1.82, 2.24) is 9.55 Å². The van der Waals surface area contributed by atoms with Crippen molar-refractivity contribution < 1.29 is 14.7 Å². The highest BCUT2D eigenvalue weighted by molar-refractivity contribution is 7.17. The number of halogens is 1. The molecule has 0 bridgehead atoms. The standard InChI is InChI=1S/C22H16ClN3O4S/c1-12-6-2-3-7-13(12)19-25-20-18(14(11-31-20)22(29)30)21(28)26(19)10-17(27)24-16-9-5-4-8-15(16)23/h2-9,11H,10H2,1H3,(H,24,27)(H,29,30). The molecule has 2 heterocycles. The molecular formula is C22H16ClN3O4S. The van der Waals surface area contributed by atoms with Gasteiger partial charge in [0.05, 0.1) is 21.7 Å². The van der Waals surface area contributed by atoms with E-state index < -0.39 is 17.4 Å². The molecule has 2 N–H and O–H groups in total. The molecule has 0 aliphatic rings. The molecule has 4 aromatic rings. The zero-order chi connectivity index (χ0) is 22.1. The molecule has 0 saturated carbocycles. The quantitative estimate of drug-likeness (QED) is 0.465. The monoisotopic (exact) mass is 453 g/mol. The summed E-state index contributed by atoms with van der Waals surface area (Å²) in [5.41, 5.74) is 1.24. The van der Waals surface area contributed by atoms with Gasteiger partial charge in [0.25, 0.3) is 5.56 Å². The number of nitrogens with one attached hydrogen (secondary N) is 1. The largest absolute Gasteiger partial charge is 0.478 e. The first-order chi connectivity index (χ1) is 14.9. The molecule has 0 atom stereocenters. The fraction of sp³-hybridized carbons (Fsp3) is 0.0909. The second-order valence-corrected chi connectivity index (χ2v) is 8.07. The number of aromatic nitrogens is 2. The molecule has 156 valence electrons. The summed E-state index contributed by atoms with van der Waals surface area (Å²) < 4.78 is 1.20. The van der Waals surface area contributed by atoms with Gasteiger partial charge in [-0.25, -0.2) is 9.78 Å². The van der Waals surface area contributed by atoms with Crippen LogP contribution in [0.1, 0.15) is 15.9 Å². The molecule has 9 heteroatoms. The SMILES string of the molecule is Cc1ccccc1-c1nc2scc(C(=O)O)c2c(=O)n1CC(=O)Nc1ccccc1Cl. The lowest BCUT2D eigenvalue weighted by Crippen LogP contribution is -2.30. The molecule has 31 heavy (non-hydrogen) atoms. The summed E-state index contributed by atoms with van der Waals surface area (Å²) in [5, 5.41) is 13.9. The Balaban J connectivity index is 1.87. The molecule has 0 aliphatic heterocycles. The van der Waals surface area contributed by atoms with Crippen molar-refractivity contribution in [3.63, 3.8) is 0 Å². The second-order valence-electron chi connectivity index (χ2n) is 6.80. The number of hydrogen-bond donors (Lipinski definition) is 2. The Bertz CT molecular complexity index is 1390. The molecule has 0 saturated heterocycles. The Labute approximate surface area is 185 Å². The predicted octanol–water partition coefficient (Wildman–Crippen LogP) is 4.42. The number of aromatic carboxylic acids is 1. The van der Waals surface area contributed by atoms with Crippen LogP contribution in [-0.4, -0.2) is 26.5 Å². The Morgan fingerprint density at radius 3 is 2.58 bits per heavy atom. The van der Waals surface area contributed by atoms with Crippen LogP contribution >= 0.6 is 22.9 Å². The maximum atomic E-state index is 13.3. The molecule has 0 aliphatic carbocycles. The summed E-state index contributed by atoms with van der Waals surface area (Å²) in [5.74, 6) is -1.41. The number of thiophene rings is 1. The first-order valence-electron chi connectivity index (χ1n) is 9.22. The number of anilines is 1. The van der Waals surface area contributed by atoms with Gasteiger partial charge in [-0.15, -0.1) is 11.3 Å².